The first-order valence-electron chi connectivity index (χ1n) is 6.07. The van der Waals surface area contributed by atoms with Crippen molar-refractivity contribution >= 4 is 5.91 Å². The first-order valence-corrected chi connectivity index (χ1v) is 6.07. The summed E-state index contributed by atoms with van der Waals surface area (Å²) in [5.41, 5.74) is 0.519. The van der Waals surface area contributed by atoms with E-state index in [0.29, 0.717) is 5.56 Å². The highest BCUT2D eigenvalue weighted by Gasteiger charge is 2.17. The molecule has 1 aromatic heterocycles. The topological polar surface area (TPSA) is 62.2 Å². The van der Waals surface area contributed by atoms with Crippen LogP contribution in [0.3, 0.4) is 0 Å². The summed E-state index contributed by atoms with van der Waals surface area (Å²) in [6, 6.07) is 3.62. The van der Waals surface area contributed by atoms with E-state index in [-0.39, 0.29) is 17.9 Å². The zero-order chi connectivity index (χ0) is 14.0. The first-order chi connectivity index (χ1) is 8.09. The lowest BCUT2D eigenvalue weighted by atomic mass is 9.91. The highest BCUT2D eigenvalue weighted by atomic mass is 16.3. The van der Waals surface area contributed by atoms with Gasteiger partial charge in [-0.2, -0.15) is 0 Å². The monoisotopic (exact) mass is 250 g/mol. The Morgan fingerprint density at radius 2 is 1.89 bits per heavy atom. The molecule has 0 aliphatic rings. The molecule has 100 valence electrons. The molecule has 1 heterocycles. The molecular formula is C14H22N2O2. The maximum Gasteiger partial charge on any atom is 0.252 e. The van der Waals surface area contributed by atoms with Crippen LogP contribution >= 0.6 is 0 Å². The van der Waals surface area contributed by atoms with Gasteiger partial charge in [-0.05, 0) is 26.0 Å². The van der Waals surface area contributed by atoms with Crippen molar-refractivity contribution in [2.24, 2.45) is 0 Å². The number of hydrogen-bond donors (Lipinski definition) is 2. The lowest BCUT2D eigenvalue weighted by Gasteiger charge is -2.19. The molecule has 4 heteroatoms. The molecule has 1 aromatic rings. The summed E-state index contributed by atoms with van der Waals surface area (Å²) < 4.78 is 0. The lowest BCUT2D eigenvalue weighted by Crippen LogP contribution is -2.38. The van der Waals surface area contributed by atoms with Gasteiger partial charge in [0.05, 0.1) is 11.2 Å². The van der Waals surface area contributed by atoms with Gasteiger partial charge in [0.1, 0.15) is 0 Å². The van der Waals surface area contributed by atoms with E-state index in [9.17, 15) is 9.90 Å². The molecule has 0 saturated heterocycles. The van der Waals surface area contributed by atoms with Gasteiger partial charge in [0, 0.05) is 23.9 Å². The summed E-state index contributed by atoms with van der Waals surface area (Å²) in [6.45, 7) is 9.73. The quantitative estimate of drug-likeness (QED) is 0.861. The second kappa shape index (κ2) is 5.06. The van der Waals surface area contributed by atoms with E-state index in [4.69, 9.17) is 0 Å². The van der Waals surface area contributed by atoms with Crippen LogP contribution in [-0.2, 0) is 5.41 Å². The van der Waals surface area contributed by atoms with Crippen molar-refractivity contribution in [2.45, 2.75) is 45.6 Å². The Kier molecular flexibility index (Phi) is 4.12. The van der Waals surface area contributed by atoms with Gasteiger partial charge in [-0.1, -0.05) is 20.8 Å². The van der Waals surface area contributed by atoms with Crippen molar-refractivity contribution in [1.82, 2.24) is 10.3 Å². The molecule has 0 bridgehead atoms. The standard InChI is InChI=1S/C14H22N2O2/c1-13(2,3)11-7-6-10(8-15-11)12(17)16-9-14(4,5)18/h6-8,18H,9H2,1-5H3,(H,16,17). The molecular weight excluding hydrogens is 228 g/mol. The Bertz CT molecular complexity index is 411. The summed E-state index contributed by atoms with van der Waals surface area (Å²) in [7, 11) is 0. The predicted molar refractivity (Wildman–Crippen MR) is 71.6 cm³/mol. The van der Waals surface area contributed by atoms with Crippen LogP contribution in [0.5, 0.6) is 0 Å². The summed E-state index contributed by atoms with van der Waals surface area (Å²) in [6.07, 6.45) is 1.57. The third kappa shape index (κ3) is 4.45. The van der Waals surface area contributed by atoms with Gasteiger partial charge in [-0.25, -0.2) is 0 Å². The van der Waals surface area contributed by atoms with E-state index in [2.05, 4.69) is 31.1 Å². The van der Waals surface area contributed by atoms with Crippen molar-refractivity contribution in [2.75, 3.05) is 6.54 Å². The van der Waals surface area contributed by atoms with Crippen LogP contribution in [0, 0.1) is 0 Å². The third-order valence-corrected chi connectivity index (χ3v) is 2.48. The molecule has 0 spiro atoms. The van der Waals surface area contributed by atoms with Crippen LogP contribution in [0.15, 0.2) is 18.3 Å². The number of aromatic nitrogens is 1. The fourth-order valence-electron chi connectivity index (χ4n) is 1.37. The summed E-state index contributed by atoms with van der Waals surface area (Å²) >= 11 is 0. The average molecular weight is 250 g/mol. The van der Waals surface area contributed by atoms with Gasteiger partial charge in [0.15, 0.2) is 0 Å². The second-order valence-electron chi connectivity index (χ2n) is 6.18. The molecule has 18 heavy (non-hydrogen) atoms. The number of amides is 1. The molecule has 0 saturated carbocycles. The van der Waals surface area contributed by atoms with Crippen LogP contribution in [0.25, 0.3) is 0 Å². The molecule has 2 N–H and O–H groups in total. The highest BCUT2D eigenvalue weighted by Crippen LogP contribution is 2.19. The predicted octanol–water partition coefficient (Wildman–Crippen LogP) is 1.88. The number of pyridine rings is 1. The molecule has 0 radical (unpaired) electrons. The van der Waals surface area contributed by atoms with Gasteiger partial charge in [-0.15, -0.1) is 0 Å². The molecule has 0 unspecified atom stereocenters. The lowest BCUT2D eigenvalue weighted by molar-refractivity contribution is 0.0694. The number of aliphatic hydroxyl groups is 1. The summed E-state index contributed by atoms with van der Waals surface area (Å²) in [5, 5.41) is 12.2. The Labute approximate surface area is 108 Å². The number of nitrogens with zero attached hydrogens (tertiary/aromatic N) is 1. The molecule has 1 rings (SSSR count). The molecule has 1 amide bonds. The van der Waals surface area contributed by atoms with Crippen LogP contribution in [0.1, 0.15) is 50.7 Å². The van der Waals surface area contributed by atoms with Gasteiger partial charge in [0.2, 0.25) is 0 Å². The largest absolute Gasteiger partial charge is 0.389 e. The third-order valence-electron chi connectivity index (χ3n) is 2.48. The van der Waals surface area contributed by atoms with Crippen molar-refractivity contribution in [3.05, 3.63) is 29.6 Å². The van der Waals surface area contributed by atoms with Crippen molar-refractivity contribution < 1.29 is 9.90 Å². The van der Waals surface area contributed by atoms with Crippen LogP contribution in [0.2, 0.25) is 0 Å². The van der Waals surface area contributed by atoms with E-state index in [0.717, 1.165) is 5.69 Å². The van der Waals surface area contributed by atoms with E-state index in [1.165, 1.54) is 0 Å². The maximum atomic E-state index is 11.8. The maximum absolute atomic E-state index is 11.8. The van der Waals surface area contributed by atoms with Crippen LogP contribution in [0.4, 0.5) is 0 Å². The molecule has 0 fully saturated rings. The highest BCUT2D eigenvalue weighted by molar-refractivity contribution is 5.93. The number of carbonyl (C=O) groups excluding carboxylic acids is 1. The van der Waals surface area contributed by atoms with Gasteiger partial charge >= 0.3 is 0 Å². The van der Waals surface area contributed by atoms with Crippen LogP contribution in [-0.4, -0.2) is 28.1 Å². The van der Waals surface area contributed by atoms with Crippen LogP contribution < -0.4 is 5.32 Å². The van der Waals surface area contributed by atoms with Gasteiger partial charge in [0.25, 0.3) is 5.91 Å². The zero-order valence-electron chi connectivity index (χ0n) is 11.7. The molecule has 0 aromatic carbocycles. The summed E-state index contributed by atoms with van der Waals surface area (Å²) in [5.74, 6) is -0.218. The molecule has 0 aliphatic carbocycles. The zero-order valence-corrected chi connectivity index (χ0v) is 11.7. The molecule has 0 aliphatic heterocycles. The molecule has 4 nitrogen and oxygen atoms in total. The minimum Gasteiger partial charge on any atom is -0.389 e. The van der Waals surface area contributed by atoms with E-state index in [1.54, 1.807) is 26.1 Å². The minimum absolute atomic E-state index is 0.0257. The Morgan fingerprint density at radius 1 is 1.28 bits per heavy atom. The second-order valence-corrected chi connectivity index (χ2v) is 6.18. The fourth-order valence-corrected chi connectivity index (χ4v) is 1.37. The number of carbonyl (C=O) groups is 1. The van der Waals surface area contributed by atoms with E-state index >= 15 is 0 Å². The van der Waals surface area contributed by atoms with Crippen molar-refractivity contribution in [3.63, 3.8) is 0 Å². The van der Waals surface area contributed by atoms with Crippen molar-refractivity contribution in [3.8, 4) is 0 Å². The SMILES string of the molecule is CC(C)(O)CNC(=O)c1ccc(C(C)(C)C)nc1. The Balaban J connectivity index is 2.71. The van der Waals surface area contributed by atoms with Crippen molar-refractivity contribution in [1.29, 1.82) is 0 Å². The number of hydrogen-bond acceptors (Lipinski definition) is 3. The van der Waals surface area contributed by atoms with E-state index in [1.807, 2.05) is 6.07 Å². The number of rotatable bonds is 3. The normalized spacial score (nSPS) is 12.3. The smallest absolute Gasteiger partial charge is 0.252 e. The fraction of sp³-hybridized carbons (Fsp3) is 0.571. The molecule has 0 atom stereocenters. The summed E-state index contributed by atoms with van der Waals surface area (Å²) in [4.78, 5) is 16.1. The average Bonchev–Trinajstić information content (AvgIpc) is 2.24. The Hall–Kier alpha value is -1.42. The van der Waals surface area contributed by atoms with Gasteiger partial charge in [-0.3, -0.25) is 9.78 Å². The number of nitrogens with one attached hydrogen (secondary N) is 1. The Morgan fingerprint density at radius 3 is 2.28 bits per heavy atom. The first kappa shape index (κ1) is 14.6. The minimum atomic E-state index is -0.908. The van der Waals surface area contributed by atoms with E-state index < -0.39 is 5.60 Å². The van der Waals surface area contributed by atoms with Gasteiger partial charge < -0.3 is 10.4 Å².